The van der Waals surface area contributed by atoms with E-state index in [0.29, 0.717) is 12.5 Å². The molecule has 0 fully saturated rings. The third-order valence-corrected chi connectivity index (χ3v) is 2.04. The van der Waals surface area contributed by atoms with E-state index < -0.39 is 0 Å². The molecule has 1 aromatic heterocycles. The molecule has 0 bridgehead atoms. The normalized spacial score (nSPS) is 11.7. The van der Waals surface area contributed by atoms with Crippen molar-refractivity contribution >= 4 is 21.9 Å². The summed E-state index contributed by atoms with van der Waals surface area (Å²) in [5, 5.41) is 9.55. The highest BCUT2D eigenvalue weighted by molar-refractivity contribution is 9.10. The van der Waals surface area contributed by atoms with Gasteiger partial charge in [-0.15, -0.1) is 0 Å². The molecule has 1 heterocycles. The number of aromatic amines is 1. The molecule has 0 radical (unpaired) electrons. The molecule has 0 saturated carbocycles. The molecule has 1 rings (SSSR count). The van der Waals surface area contributed by atoms with Crippen molar-refractivity contribution in [2.24, 2.45) is 10.7 Å². The van der Waals surface area contributed by atoms with Crippen LogP contribution >= 0.6 is 15.9 Å². The minimum absolute atomic E-state index is 0.413. The number of aromatic nitrogens is 2. The molecule has 0 aliphatic heterocycles. The van der Waals surface area contributed by atoms with E-state index in [1.165, 1.54) is 0 Å². The molecule has 1 aromatic rings. The van der Waals surface area contributed by atoms with Gasteiger partial charge in [-0.1, -0.05) is 0 Å². The summed E-state index contributed by atoms with van der Waals surface area (Å²) in [6.45, 7) is 0.587. The van der Waals surface area contributed by atoms with E-state index in [4.69, 9.17) is 5.73 Å². The summed E-state index contributed by atoms with van der Waals surface area (Å²) < 4.78 is 0.930. The molecule has 0 amide bonds. The monoisotopic (exact) mass is 231 g/mol. The van der Waals surface area contributed by atoms with Gasteiger partial charge in [0.15, 0.2) is 5.96 Å². The molecule has 4 N–H and O–H groups in total. The highest BCUT2D eigenvalue weighted by atomic mass is 79.9. The minimum atomic E-state index is 0.413. The van der Waals surface area contributed by atoms with Crippen LogP contribution in [0.2, 0.25) is 0 Å². The van der Waals surface area contributed by atoms with Crippen LogP contribution in [0.3, 0.4) is 0 Å². The van der Waals surface area contributed by atoms with Crippen molar-refractivity contribution in [3.05, 3.63) is 16.4 Å². The van der Waals surface area contributed by atoms with Gasteiger partial charge in [0, 0.05) is 7.05 Å². The van der Waals surface area contributed by atoms with Gasteiger partial charge in [0.05, 0.1) is 22.9 Å². The molecule has 66 valence electrons. The van der Waals surface area contributed by atoms with Gasteiger partial charge < -0.3 is 11.1 Å². The summed E-state index contributed by atoms with van der Waals surface area (Å²) >= 11 is 3.32. The Bertz CT molecular complexity index is 279. The Hall–Kier alpha value is -1.04. The number of rotatable bonds is 2. The molecule has 0 aromatic carbocycles. The van der Waals surface area contributed by atoms with E-state index in [9.17, 15) is 0 Å². The van der Waals surface area contributed by atoms with E-state index in [1.54, 1.807) is 13.2 Å². The average molecular weight is 232 g/mol. The van der Waals surface area contributed by atoms with Crippen LogP contribution in [0.25, 0.3) is 0 Å². The van der Waals surface area contributed by atoms with Crippen LogP contribution in [0, 0.1) is 0 Å². The first-order chi connectivity index (χ1) is 5.74. The Balaban J connectivity index is 2.49. The fourth-order valence-corrected chi connectivity index (χ4v) is 1.01. The SMILES string of the molecule is CN=C(N)NCc1[nH]ncc1Br. The fourth-order valence-electron chi connectivity index (χ4n) is 0.680. The van der Waals surface area contributed by atoms with Crippen molar-refractivity contribution in [2.45, 2.75) is 6.54 Å². The van der Waals surface area contributed by atoms with Gasteiger partial charge in [-0.3, -0.25) is 10.1 Å². The Labute approximate surface area is 78.6 Å². The van der Waals surface area contributed by atoms with E-state index >= 15 is 0 Å². The highest BCUT2D eigenvalue weighted by Gasteiger charge is 2.00. The Morgan fingerprint density at radius 2 is 2.67 bits per heavy atom. The maximum Gasteiger partial charge on any atom is 0.188 e. The van der Waals surface area contributed by atoms with Gasteiger partial charge in [0.2, 0.25) is 0 Å². The number of halogens is 1. The van der Waals surface area contributed by atoms with Gasteiger partial charge in [-0.05, 0) is 15.9 Å². The van der Waals surface area contributed by atoms with Gasteiger partial charge in [-0.2, -0.15) is 5.10 Å². The fraction of sp³-hybridized carbons (Fsp3) is 0.333. The number of nitrogens with two attached hydrogens (primary N) is 1. The predicted octanol–water partition coefficient (Wildman–Crippen LogP) is 0.206. The molecule has 12 heavy (non-hydrogen) atoms. The van der Waals surface area contributed by atoms with Gasteiger partial charge >= 0.3 is 0 Å². The number of nitrogens with one attached hydrogen (secondary N) is 2. The summed E-state index contributed by atoms with van der Waals surface area (Å²) in [5.74, 6) is 0.413. The van der Waals surface area contributed by atoms with E-state index in [0.717, 1.165) is 10.2 Å². The zero-order valence-electron chi connectivity index (χ0n) is 6.63. The first-order valence-corrected chi connectivity index (χ1v) is 4.17. The van der Waals surface area contributed by atoms with Crippen LogP contribution in [0.5, 0.6) is 0 Å². The lowest BCUT2D eigenvalue weighted by Crippen LogP contribution is -2.30. The molecule has 5 nitrogen and oxygen atoms in total. The zero-order valence-corrected chi connectivity index (χ0v) is 8.22. The van der Waals surface area contributed by atoms with Crippen LogP contribution in [-0.4, -0.2) is 23.2 Å². The Morgan fingerprint density at radius 3 is 3.17 bits per heavy atom. The summed E-state index contributed by atoms with van der Waals surface area (Å²) in [6.07, 6.45) is 1.69. The van der Waals surface area contributed by atoms with Gasteiger partial charge in [0.25, 0.3) is 0 Å². The molecule has 0 unspecified atom stereocenters. The van der Waals surface area contributed by atoms with Crippen molar-refractivity contribution in [1.29, 1.82) is 0 Å². The van der Waals surface area contributed by atoms with Crippen molar-refractivity contribution in [1.82, 2.24) is 15.5 Å². The Kier molecular flexibility index (Phi) is 3.09. The smallest absolute Gasteiger partial charge is 0.188 e. The molecular formula is C6H10BrN5. The number of aliphatic imine (C=N–C) groups is 1. The van der Waals surface area contributed by atoms with E-state index in [1.807, 2.05) is 0 Å². The summed E-state index contributed by atoms with van der Waals surface area (Å²) in [5.41, 5.74) is 6.37. The van der Waals surface area contributed by atoms with Crippen LogP contribution in [0.4, 0.5) is 0 Å². The van der Waals surface area contributed by atoms with E-state index in [-0.39, 0.29) is 0 Å². The number of hydrogen-bond donors (Lipinski definition) is 3. The van der Waals surface area contributed by atoms with Crippen molar-refractivity contribution < 1.29 is 0 Å². The maximum atomic E-state index is 5.43. The first-order valence-electron chi connectivity index (χ1n) is 3.38. The molecular weight excluding hydrogens is 222 g/mol. The highest BCUT2D eigenvalue weighted by Crippen LogP contribution is 2.11. The molecule has 0 aliphatic rings. The zero-order chi connectivity index (χ0) is 8.97. The molecule has 0 aliphatic carbocycles. The summed E-state index contributed by atoms with van der Waals surface area (Å²) in [4.78, 5) is 3.75. The van der Waals surface area contributed by atoms with Crippen LogP contribution in [0.1, 0.15) is 5.69 Å². The van der Waals surface area contributed by atoms with Crippen molar-refractivity contribution in [3.63, 3.8) is 0 Å². The second-order valence-electron chi connectivity index (χ2n) is 2.16. The predicted molar refractivity (Wildman–Crippen MR) is 50.7 cm³/mol. The third-order valence-electron chi connectivity index (χ3n) is 1.35. The Morgan fingerprint density at radius 1 is 1.92 bits per heavy atom. The second kappa shape index (κ2) is 4.10. The number of nitrogens with zero attached hydrogens (tertiary/aromatic N) is 2. The number of guanidine groups is 1. The summed E-state index contributed by atoms with van der Waals surface area (Å²) in [6, 6.07) is 0. The maximum absolute atomic E-state index is 5.43. The van der Waals surface area contributed by atoms with Crippen molar-refractivity contribution in [3.8, 4) is 0 Å². The largest absolute Gasteiger partial charge is 0.370 e. The van der Waals surface area contributed by atoms with Crippen LogP contribution in [-0.2, 0) is 6.54 Å². The molecule has 6 heteroatoms. The topological polar surface area (TPSA) is 79.1 Å². The van der Waals surface area contributed by atoms with E-state index in [2.05, 4.69) is 36.4 Å². The minimum Gasteiger partial charge on any atom is -0.370 e. The quantitative estimate of drug-likeness (QED) is 0.503. The first kappa shape index (κ1) is 9.05. The lowest BCUT2D eigenvalue weighted by Gasteiger charge is -2.02. The number of H-pyrrole nitrogens is 1. The van der Waals surface area contributed by atoms with Gasteiger partial charge in [-0.25, -0.2) is 0 Å². The average Bonchev–Trinajstić information content (AvgIpc) is 2.47. The lowest BCUT2D eigenvalue weighted by molar-refractivity contribution is 0.846. The van der Waals surface area contributed by atoms with Gasteiger partial charge in [0.1, 0.15) is 0 Å². The van der Waals surface area contributed by atoms with Crippen LogP contribution in [0.15, 0.2) is 15.7 Å². The summed E-state index contributed by atoms with van der Waals surface area (Å²) in [7, 11) is 1.63. The number of hydrogen-bond acceptors (Lipinski definition) is 2. The lowest BCUT2D eigenvalue weighted by atomic mass is 10.4. The molecule has 0 spiro atoms. The second-order valence-corrected chi connectivity index (χ2v) is 3.01. The third kappa shape index (κ3) is 2.23. The molecule has 0 atom stereocenters. The standard InChI is InChI=1S/C6H10BrN5/c1-9-6(8)10-3-5-4(7)2-11-12-5/h2H,3H2,1H3,(H,11,12)(H3,8,9,10). The van der Waals surface area contributed by atoms with Crippen molar-refractivity contribution in [2.75, 3.05) is 7.05 Å². The molecule has 0 saturated heterocycles. The van der Waals surface area contributed by atoms with Crippen LogP contribution < -0.4 is 11.1 Å².